The van der Waals surface area contributed by atoms with Crippen molar-refractivity contribution in [3.05, 3.63) is 52.3 Å². The molecule has 0 radical (unpaired) electrons. The summed E-state index contributed by atoms with van der Waals surface area (Å²) in [5.41, 5.74) is 0.236. The van der Waals surface area contributed by atoms with Crippen LogP contribution in [0.3, 0.4) is 0 Å². The molecule has 0 atom stereocenters. The maximum Gasteiger partial charge on any atom is 0.323 e. The van der Waals surface area contributed by atoms with Gasteiger partial charge in [0.15, 0.2) is 0 Å². The Bertz CT molecular complexity index is 787. The number of hydrogen-bond acceptors (Lipinski definition) is 4. The van der Waals surface area contributed by atoms with Crippen molar-refractivity contribution in [2.24, 2.45) is 0 Å². The van der Waals surface area contributed by atoms with Crippen molar-refractivity contribution in [3.8, 4) is 23.1 Å². The van der Waals surface area contributed by atoms with E-state index >= 15 is 0 Å². The zero-order valence-electron chi connectivity index (χ0n) is 11.2. The largest absolute Gasteiger partial charge is 0.496 e. The van der Waals surface area contributed by atoms with Gasteiger partial charge in [0, 0.05) is 5.56 Å². The van der Waals surface area contributed by atoms with Gasteiger partial charge in [-0.15, -0.1) is 0 Å². The quantitative estimate of drug-likeness (QED) is 0.918. The Morgan fingerprint density at radius 1 is 1.33 bits per heavy atom. The third-order valence-corrected chi connectivity index (χ3v) is 2.97. The monoisotopic (exact) mass is 284 g/mol. The van der Waals surface area contributed by atoms with Gasteiger partial charge in [0.25, 0.3) is 5.56 Å². The number of pyridine rings is 1. The van der Waals surface area contributed by atoms with E-state index in [0.29, 0.717) is 17.0 Å². The van der Waals surface area contributed by atoms with E-state index in [1.54, 1.807) is 36.4 Å². The lowest BCUT2D eigenvalue weighted by atomic mass is 10.1. The number of aromatic nitrogens is 1. The molecule has 1 aromatic heterocycles. The number of carboxylic acids is 1. The Balaban J connectivity index is 2.74. The molecule has 1 N–H and O–H groups in total. The number of para-hydroxylation sites is 1. The minimum absolute atomic E-state index is 0.102. The smallest absolute Gasteiger partial charge is 0.323 e. The number of rotatable bonds is 4. The summed E-state index contributed by atoms with van der Waals surface area (Å²) in [6.45, 7) is -0.526. The number of nitriles is 1. The van der Waals surface area contributed by atoms with Gasteiger partial charge in [0.1, 0.15) is 23.9 Å². The van der Waals surface area contributed by atoms with Crippen LogP contribution >= 0.6 is 0 Å². The number of methoxy groups -OCH3 is 1. The molecule has 21 heavy (non-hydrogen) atoms. The Labute approximate surface area is 120 Å². The molecule has 0 aliphatic carbocycles. The molecular formula is C15H12N2O4. The molecule has 0 aliphatic rings. The lowest BCUT2D eigenvalue weighted by Crippen LogP contribution is -2.27. The van der Waals surface area contributed by atoms with E-state index in [1.807, 2.05) is 0 Å². The van der Waals surface area contributed by atoms with E-state index in [9.17, 15) is 9.59 Å². The molecule has 0 saturated carbocycles. The second-order valence-electron chi connectivity index (χ2n) is 4.23. The SMILES string of the molecule is COc1ccccc1-c1ccc(C#N)c(=O)n1CC(=O)O. The van der Waals surface area contributed by atoms with Crippen molar-refractivity contribution in [1.29, 1.82) is 5.26 Å². The van der Waals surface area contributed by atoms with Gasteiger partial charge < -0.3 is 9.84 Å². The number of benzene rings is 1. The van der Waals surface area contributed by atoms with E-state index in [0.717, 1.165) is 4.57 Å². The molecule has 106 valence electrons. The first kappa shape index (κ1) is 14.3. The van der Waals surface area contributed by atoms with Crippen molar-refractivity contribution < 1.29 is 14.6 Å². The van der Waals surface area contributed by atoms with E-state index in [2.05, 4.69) is 0 Å². The van der Waals surface area contributed by atoms with Crippen LogP contribution in [0, 0.1) is 11.3 Å². The Morgan fingerprint density at radius 2 is 2.05 bits per heavy atom. The summed E-state index contributed by atoms with van der Waals surface area (Å²) >= 11 is 0. The second-order valence-corrected chi connectivity index (χ2v) is 4.23. The minimum atomic E-state index is -1.16. The summed E-state index contributed by atoms with van der Waals surface area (Å²) in [5.74, 6) is -0.649. The fourth-order valence-corrected chi connectivity index (χ4v) is 2.05. The van der Waals surface area contributed by atoms with Crippen LogP contribution < -0.4 is 10.3 Å². The molecule has 0 amide bonds. The predicted molar refractivity (Wildman–Crippen MR) is 75.0 cm³/mol. The average Bonchev–Trinajstić information content (AvgIpc) is 2.49. The molecule has 0 saturated heterocycles. The van der Waals surface area contributed by atoms with E-state index in [1.165, 1.54) is 13.2 Å². The first-order valence-electron chi connectivity index (χ1n) is 6.07. The third-order valence-electron chi connectivity index (χ3n) is 2.97. The summed E-state index contributed by atoms with van der Waals surface area (Å²) in [7, 11) is 1.49. The van der Waals surface area contributed by atoms with Crippen LogP contribution in [0.1, 0.15) is 5.56 Å². The molecule has 0 aliphatic heterocycles. The van der Waals surface area contributed by atoms with Crippen molar-refractivity contribution in [3.63, 3.8) is 0 Å². The topological polar surface area (TPSA) is 92.3 Å². The zero-order valence-corrected chi connectivity index (χ0v) is 11.2. The van der Waals surface area contributed by atoms with Crippen LogP contribution in [0.2, 0.25) is 0 Å². The summed E-state index contributed by atoms with van der Waals surface area (Å²) in [5, 5.41) is 17.9. The fraction of sp³-hybridized carbons (Fsp3) is 0.133. The summed E-state index contributed by atoms with van der Waals surface area (Å²) in [6, 6.07) is 11.6. The van der Waals surface area contributed by atoms with Crippen LogP contribution in [0.5, 0.6) is 5.75 Å². The van der Waals surface area contributed by atoms with Gasteiger partial charge in [-0.2, -0.15) is 5.26 Å². The molecule has 6 nitrogen and oxygen atoms in total. The highest BCUT2D eigenvalue weighted by Gasteiger charge is 2.15. The third kappa shape index (κ3) is 2.77. The first-order valence-corrected chi connectivity index (χ1v) is 6.07. The highest BCUT2D eigenvalue weighted by atomic mass is 16.5. The maximum atomic E-state index is 12.2. The molecule has 0 unspecified atom stereocenters. The summed E-state index contributed by atoms with van der Waals surface area (Å²) in [6.07, 6.45) is 0. The zero-order chi connectivity index (χ0) is 15.4. The molecule has 6 heteroatoms. The number of nitrogens with zero attached hydrogens (tertiary/aromatic N) is 2. The Morgan fingerprint density at radius 3 is 2.67 bits per heavy atom. The van der Waals surface area contributed by atoms with Crippen LogP contribution in [-0.4, -0.2) is 22.8 Å². The highest BCUT2D eigenvalue weighted by Crippen LogP contribution is 2.28. The van der Waals surface area contributed by atoms with E-state index in [4.69, 9.17) is 15.1 Å². The molecule has 2 rings (SSSR count). The number of carbonyl (C=O) groups is 1. The van der Waals surface area contributed by atoms with Crippen LogP contribution in [0.25, 0.3) is 11.3 Å². The molecule has 0 fully saturated rings. The highest BCUT2D eigenvalue weighted by molar-refractivity contribution is 5.71. The molecule has 1 heterocycles. The minimum Gasteiger partial charge on any atom is -0.496 e. The van der Waals surface area contributed by atoms with Crippen molar-refractivity contribution in [2.45, 2.75) is 6.54 Å². The molecule has 2 aromatic rings. The Hall–Kier alpha value is -3.07. The van der Waals surface area contributed by atoms with Crippen LogP contribution in [0.15, 0.2) is 41.2 Å². The molecule has 1 aromatic carbocycles. The summed E-state index contributed by atoms with van der Waals surface area (Å²) < 4.78 is 6.28. The maximum absolute atomic E-state index is 12.2. The first-order chi connectivity index (χ1) is 10.1. The van der Waals surface area contributed by atoms with E-state index < -0.39 is 18.1 Å². The van der Waals surface area contributed by atoms with Crippen molar-refractivity contribution >= 4 is 5.97 Å². The molecular weight excluding hydrogens is 272 g/mol. The van der Waals surface area contributed by atoms with Gasteiger partial charge in [-0.25, -0.2) is 0 Å². The van der Waals surface area contributed by atoms with Gasteiger partial charge in [0.05, 0.1) is 12.8 Å². The van der Waals surface area contributed by atoms with Crippen molar-refractivity contribution in [2.75, 3.05) is 7.11 Å². The summed E-state index contributed by atoms with van der Waals surface area (Å²) in [4.78, 5) is 23.2. The van der Waals surface area contributed by atoms with Crippen LogP contribution in [-0.2, 0) is 11.3 Å². The van der Waals surface area contributed by atoms with Gasteiger partial charge in [-0.1, -0.05) is 12.1 Å². The Kier molecular flexibility index (Phi) is 4.05. The number of hydrogen-bond donors (Lipinski definition) is 1. The fourth-order valence-electron chi connectivity index (χ4n) is 2.05. The number of ether oxygens (including phenoxy) is 1. The lowest BCUT2D eigenvalue weighted by molar-refractivity contribution is -0.137. The lowest BCUT2D eigenvalue weighted by Gasteiger charge is -2.14. The number of carboxylic acid groups (broad SMARTS) is 1. The molecule has 0 spiro atoms. The average molecular weight is 284 g/mol. The molecule has 0 bridgehead atoms. The van der Waals surface area contributed by atoms with Gasteiger partial charge >= 0.3 is 5.97 Å². The normalized spacial score (nSPS) is 9.90. The number of aliphatic carboxylic acids is 1. The van der Waals surface area contributed by atoms with Crippen LogP contribution in [0.4, 0.5) is 0 Å². The van der Waals surface area contributed by atoms with Gasteiger partial charge in [-0.05, 0) is 24.3 Å². The standard InChI is InChI=1S/C15H12N2O4/c1-21-13-5-3-2-4-11(13)12-7-6-10(8-16)15(20)17(12)9-14(18)19/h2-7H,9H2,1H3,(H,18,19). The van der Waals surface area contributed by atoms with Gasteiger partial charge in [-0.3, -0.25) is 14.2 Å². The van der Waals surface area contributed by atoms with E-state index in [-0.39, 0.29) is 5.56 Å². The second kappa shape index (κ2) is 5.92. The van der Waals surface area contributed by atoms with Crippen molar-refractivity contribution in [1.82, 2.24) is 4.57 Å². The van der Waals surface area contributed by atoms with Gasteiger partial charge in [0.2, 0.25) is 0 Å². The predicted octanol–water partition coefficient (Wildman–Crippen LogP) is 1.48.